The molecule has 0 amide bonds. The van der Waals surface area contributed by atoms with Gasteiger partial charge in [-0.3, -0.25) is 4.79 Å². The standard InChI is InChI=1S/C3H6O2.C3H6O/c1-2-3(4)5;1-3-2-4-3/h2H2,1H3,(H,4,5);3H,2H2,1H3. The second-order valence-corrected chi connectivity index (χ2v) is 1.89. The highest BCUT2D eigenvalue weighted by atomic mass is 16.6. The van der Waals surface area contributed by atoms with Gasteiger partial charge in [0.25, 0.3) is 0 Å². The Morgan fingerprint density at radius 1 is 1.89 bits per heavy atom. The fraction of sp³-hybridized carbons (Fsp3) is 0.833. The smallest absolute Gasteiger partial charge is 0.303 e. The van der Waals surface area contributed by atoms with Gasteiger partial charge in [0.1, 0.15) is 0 Å². The van der Waals surface area contributed by atoms with Crippen molar-refractivity contribution in [1.29, 1.82) is 0 Å². The molecule has 54 valence electrons. The second-order valence-electron chi connectivity index (χ2n) is 1.89. The molecule has 1 aliphatic heterocycles. The summed E-state index contributed by atoms with van der Waals surface area (Å²) in [6.07, 6.45) is 0.806. The summed E-state index contributed by atoms with van der Waals surface area (Å²) >= 11 is 0. The summed E-state index contributed by atoms with van der Waals surface area (Å²) in [6.45, 7) is 4.64. The topological polar surface area (TPSA) is 49.8 Å². The van der Waals surface area contributed by atoms with Gasteiger partial charge in [0.05, 0.1) is 12.7 Å². The first-order chi connectivity index (χ1) is 4.16. The zero-order valence-corrected chi connectivity index (χ0v) is 5.76. The van der Waals surface area contributed by atoms with Crippen LogP contribution in [0.15, 0.2) is 0 Å². The van der Waals surface area contributed by atoms with Gasteiger partial charge in [-0.05, 0) is 6.92 Å². The van der Waals surface area contributed by atoms with Crippen LogP contribution in [0.25, 0.3) is 0 Å². The molecule has 0 spiro atoms. The molecule has 3 heteroatoms. The average molecular weight is 132 g/mol. The Morgan fingerprint density at radius 2 is 2.11 bits per heavy atom. The van der Waals surface area contributed by atoms with E-state index in [9.17, 15) is 4.79 Å². The minimum atomic E-state index is -0.745. The lowest BCUT2D eigenvalue weighted by molar-refractivity contribution is -0.136. The zero-order chi connectivity index (χ0) is 7.28. The number of carboxylic acids is 1. The van der Waals surface area contributed by atoms with Crippen molar-refractivity contribution in [3.63, 3.8) is 0 Å². The monoisotopic (exact) mass is 132 g/mol. The summed E-state index contributed by atoms with van der Waals surface area (Å²) in [5.41, 5.74) is 0. The van der Waals surface area contributed by atoms with Crippen molar-refractivity contribution in [2.24, 2.45) is 0 Å². The maximum absolute atomic E-state index is 9.37. The first-order valence-corrected chi connectivity index (χ1v) is 3.00. The molecular formula is C6H12O3. The van der Waals surface area contributed by atoms with Crippen LogP contribution in [0.1, 0.15) is 20.3 Å². The zero-order valence-electron chi connectivity index (χ0n) is 5.76. The maximum atomic E-state index is 9.37. The van der Waals surface area contributed by atoms with Gasteiger partial charge in [0.2, 0.25) is 0 Å². The average Bonchev–Trinajstić information content (AvgIpc) is 2.53. The van der Waals surface area contributed by atoms with E-state index in [1.165, 1.54) is 0 Å². The largest absolute Gasteiger partial charge is 0.481 e. The molecule has 1 fully saturated rings. The predicted octanol–water partition coefficient (Wildman–Crippen LogP) is 0.886. The normalized spacial score (nSPS) is 21.8. The molecule has 0 aromatic heterocycles. The second kappa shape index (κ2) is 4.32. The molecule has 3 nitrogen and oxygen atoms in total. The molecule has 0 aromatic rings. The Kier molecular flexibility index (Phi) is 4.05. The van der Waals surface area contributed by atoms with Crippen LogP contribution in [-0.2, 0) is 9.53 Å². The lowest BCUT2D eigenvalue weighted by atomic mass is 10.5. The summed E-state index contributed by atoms with van der Waals surface area (Å²) in [5, 5.41) is 7.72. The molecule has 0 radical (unpaired) electrons. The van der Waals surface area contributed by atoms with E-state index >= 15 is 0 Å². The molecule has 1 aliphatic rings. The maximum Gasteiger partial charge on any atom is 0.303 e. The molecule has 1 atom stereocenters. The molecule has 1 saturated heterocycles. The summed E-state index contributed by atoms with van der Waals surface area (Å²) in [7, 11) is 0. The van der Waals surface area contributed by atoms with Crippen molar-refractivity contribution in [2.45, 2.75) is 26.4 Å². The van der Waals surface area contributed by atoms with Crippen LogP contribution >= 0.6 is 0 Å². The van der Waals surface area contributed by atoms with Crippen LogP contribution in [0.5, 0.6) is 0 Å². The van der Waals surface area contributed by atoms with E-state index < -0.39 is 5.97 Å². The molecule has 1 heterocycles. The minimum absolute atomic E-state index is 0.222. The van der Waals surface area contributed by atoms with Gasteiger partial charge >= 0.3 is 5.97 Å². The van der Waals surface area contributed by atoms with E-state index in [2.05, 4.69) is 6.92 Å². The highest BCUT2D eigenvalue weighted by Crippen LogP contribution is 2.04. The molecule has 0 saturated carbocycles. The first-order valence-electron chi connectivity index (χ1n) is 3.00. The quantitative estimate of drug-likeness (QED) is 0.539. The Hall–Kier alpha value is -0.570. The number of aliphatic carboxylic acids is 1. The number of hydrogen-bond acceptors (Lipinski definition) is 2. The van der Waals surface area contributed by atoms with Crippen molar-refractivity contribution in [1.82, 2.24) is 0 Å². The number of carbonyl (C=O) groups is 1. The Morgan fingerprint density at radius 3 is 2.11 bits per heavy atom. The minimum Gasteiger partial charge on any atom is -0.481 e. The highest BCUT2D eigenvalue weighted by molar-refractivity contribution is 5.66. The number of carboxylic acid groups (broad SMARTS) is 1. The number of hydrogen-bond donors (Lipinski definition) is 1. The van der Waals surface area contributed by atoms with Gasteiger partial charge in [-0.2, -0.15) is 0 Å². The van der Waals surface area contributed by atoms with Crippen LogP contribution in [0, 0.1) is 0 Å². The van der Waals surface area contributed by atoms with Gasteiger partial charge in [-0.1, -0.05) is 6.92 Å². The SMILES string of the molecule is CC1CO1.CCC(=O)O. The Balaban J connectivity index is 0.000000144. The van der Waals surface area contributed by atoms with E-state index in [4.69, 9.17) is 9.84 Å². The van der Waals surface area contributed by atoms with Crippen molar-refractivity contribution in [2.75, 3.05) is 6.61 Å². The van der Waals surface area contributed by atoms with E-state index in [0.29, 0.717) is 6.10 Å². The Bertz CT molecular complexity index is 86.3. The molecule has 0 bridgehead atoms. The number of rotatable bonds is 1. The van der Waals surface area contributed by atoms with Crippen molar-refractivity contribution in [3.05, 3.63) is 0 Å². The molecule has 0 aromatic carbocycles. The third-order valence-corrected chi connectivity index (χ3v) is 0.802. The van der Waals surface area contributed by atoms with Crippen LogP contribution in [0.4, 0.5) is 0 Å². The number of epoxide rings is 1. The van der Waals surface area contributed by atoms with E-state index in [1.807, 2.05) is 0 Å². The van der Waals surface area contributed by atoms with Gasteiger partial charge in [0, 0.05) is 6.42 Å². The van der Waals surface area contributed by atoms with Crippen LogP contribution in [0.3, 0.4) is 0 Å². The third-order valence-electron chi connectivity index (χ3n) is 0.802. The fourth-order valence-corrected chi connectivity index (χ4v) is 0.0962. The molecule has 0 aliphatic carbocycles. The van der Waals surface area contributed by atoms with E-state index in [-0.39, 0.29) is 6.42 Å². The van der Waals surface area contributed by atoms with E-state index in [1.54, 1.807) is 6.92 Å². The highest BCUT2D eigenvalue weighted by Gasteiger charge is 2.13. The van der Waals surface area contributed by atoms with Gasteiger partial charge in [-0.25, -0.2) is 0 Å². The van der Waals surface area contributed by atoms with Gasteiger partial charge in [0.15, 0.2) is 0 Å². The van der Waals surface area contributed by atoms with E-state index in [0.717, 1.165) is 6.61 Å². The molecule has 1 rings (SSSR count). The molecule has 9 heavy (non-hydrogen) atoms. The van der Waals surface area contributed by atoms with Crippen LogP contribution in [-0.4, -0.2) is 23.8 Å². The summed E-state index contributed by atoms with van der Waals surface area (Å²) in [4.78, 5) is 9.37. The predicted molar refractivity (Wildman–Crippen MR) is 33.3 cm³/mol. The molecule has 1 unspecified atom stereocenters. The van der Waals surface area contributed by atoms with Crippen LogP contribution in [0.2, 0.25) is 0 Å². The lowest BCUT2D eigenvalue weighted by Crippen LogP contribution is -1.86. The van der Waals surface area contributed by atoms with Gasteiger partial charge < -0.3 is 9.84 Å². The fourth-order valence-electron chi connectivity index (χ4n) is 0.0962. The lowest BCUT2D eigenvalue weighted by Gasteiger charge is -1.71. The molecule has 1 N–H and O–H groups in total. The Labute approximate surface area is 54.6 Å². The first kappa shape index (κ1) is 8.43. The third kappa shape index (κ3) is 11.2. The van der Waals surface area contributed by atoms with Crippen molar-refractivity contribution in [3.8, 4) is 0 Å². The summed E-state index contributed by atoms with van der Waals surface area (Å²) < 4.78 is 4.71. The number of ether oxygens (including phenoxy) is 1. The van der Waals surface area contributed by atoms with Crippen molar-refractivity contribution >= 4 is 5.97 Å². The van der Waals surface area contributed by atoms with Crippen LogP contribution < -0.4 is 0 Å². The summed E-state index contributed by atoms with van der Waals surface area (Å²) in [6, 6.07) is 0. The van der Waals surface area contributed by atoms with Gasteiger partial charge in [-0.15, -0.1) is 0 Å². The summed E-state index contributed by atoms with van der Waals surface area (Å²) in [5.74, 6) is -0.745. The van der Waals surface area contributed by atoms with Crippen molar-refractivity contribution < 1.29 is 14.6 Å². The molecular weight excluding hydrogens is 120 g/mol.